The topological polar surface area (TPSA) is 27.7 Å². The van der Waals surface area contributed by atoms with Crippen molar-refractivity contribution in [2.24, 2.45) is 5.92 Å². The predicted molar refractivity (Wildman–Crippen MR) is 79.4 cm³/mol. The first-order chi connectivity index (χ1) is 9.06. The first kappa shape index (κ1) is 14.9. The highest BCUT2D eigenvalue weighted by molar-refractivity contribution is 9.10. The molecule has 0 bridgehead atoms. The molecule has 1 aliphatic heterocycles. The van der Waals surface area contributed by atoms with E-state index in [4.69, 9.17) is 25.8 Å². The number of alkyl halides is 1. The maximum atomic E-state index is 6.61. The third-order valence-electron chi connectivity index (χ3n) is 3.44. The largest absolute Gasteiger partial charge is 0.496 e. The third kappa shape index (κ3) is 3.18. The van der Waals surface area contributed by atoms with E-state index in [2.05, 4.69) is 22.9 Å². The zero-order valence-electron chi connectivity index (χ0n) is 11.3. The molecule has 1 aliphatic rings. The Kier molecular flexibility index (Phi) is 4.98. The van der Waals surface area contributed by atoms with Crippen LogP contribution in [0.5, 0.6) is 11.5 Å². The Hall–Kier alpha value is -0.450. The van der Waals surface area contributed by atoms with Gasteiger partial charge in [-0.15, -0.1) is 11.6 Å². The van der Waals surface area contributed by atoms with Gasteiger partial charge >= 0.3 is 0 Å². The molecule has 3 nitrogen and oxygen atoms in total. The van der Waals surface area contributed by atoms with Crippen molar-refractivity contribution in [3.63, 3.8) is 0 Å². The lowest BCUT2D eigenvalue weighted by Gasteiger charge is -2.20. The van der Waals surface area contributed by atoms with Crippen molar-refractivity contribution in [2.45, 2.75) is 24.8 Å². The fraction of sp³-hybridized carbons (Fsp3) is 0.571. The molecule has 0 amide bonds. The van der Waals surface area contributed by atoms with E-state index >= 15 is 0 Å². The van der Waals surface area contributed by atoms with Crippen LogP contribution in [-0.4, -0.2) is 26.9 Å². The van der Waals surface area contributed by atoms with Gasteiger partial charge in [0.25, 0.3) is 0 Å². The molecule has 1 aromatic rings. The average molecular weight is 350 g/mol. The van der Waals surface area contributed by atoms with Gasteiger partial charge in [0, 0.05) is 11.5 Å². The Morgan fingerprint density at radius 1 is 1.32 bits per heavy atom. The Balaban J connectivity index is 2.31. The number of rotatable bonds is 4. The summed E-state index contributed by atoms with van der Waals surface area (Å²) in [4.78, 5) is 0. The van der Waals surface area contributed by atoms with Crippen LogP contribution in [0.15, 0.2) is 16.6 Å². The molecular weight excluding hydrogens is 332 g/mol. The lowest BCUT2D eigenvalue weighted by molar-refractivity contribution is 0.119. The highest BCUT2D eigenvalue weighted by Gasteiger charge is 2.31. The zero-order chi connectivity index (χ0) is 14.0. The molecule has 1 saturated heterocycles. The van der Waals surface area contributed by atoms with E-state index in [9.17, 15) is 0 Å². The number of hydrogen-bond donors (Lipinski definition) is 0. The summed E-state index contributed by atoms with van der Waals surface area (Å²) < 4.78 is 17.2. The van der Waals surface area contributed by atoms with E-state index in [-0.39, 0.29) is 11.5 Å². The van der Waals surface area contributed by atoms with E-state index in [0.717, 1.165) is 28.0 Å². The number of hydrogen-bond acceptors (Lipinski definition) is 3. The van der Waals surface area contributed by atoms with Crippen LogP contribution >= 0.6 is 27.5 Å². The van der Waals surface area contributed by atoms with Crippen LogP contribution in [0.1, 0.15) is 24.3 Å². The van der Waals surface area contributed by atoms with E-state index < -0.39 is 0 Å². The maximum Gasteiger partial charge on any atom is 0.133 e. The number of benzene rings is 1. The number of halogens is 2. The van der Waals surface area contributed by atoms with Crippen molar-refractivity contribution in [1.29, 1.82) is 0 Å². The summed E-state index contributed by atoms with van der Waals surface area (Å²) in [7, 11) is 3.29. The highest BCUT2D eigenvalue weighted by atomic mass is 79.9. The predicted octanol–water partition coefficient (Wildman–Crippen LogP) is 4.17. The van der Waals surface area contributed by atoms with Gasteiger partial charge in [-0.25, -0.2) is 0 Å². The van der Waals surface area contributed by atoms with Crippen molar-refractivity contribution in [3.05, 3.63) is 22.2 Å². The van der Waals surface area contributed by atoms with Gasteiger partial charge in [-0.05, 0) is 41.4 Å². The second kappa shape index (κ2) is 6.33. The van der Waals surface area contributed by atoms with Crippen molar-refractivity contribution in [1.82, 2.24) is 0 Å². The number of methoxy groups -OCH3 is 2. The SMILES string of the molecule is COc1cc(C(Cl)C2COC(C)C2)c(OC)cc1Br. The van der Waals surface area contributed by atoms with Gasteiger partial charge in [-0.3, -0.25) is 0 Å². The van der Waals surface area contributed by atoms with Crippen LogP contribution in [0.25, 0.3) is 0 Å². The van der Waals surface area contributed by atoms with E-state index in [1.807, 2.05) is 12.1 Å². The molecule has 2 rings (SSSR count). The van der Waals surface area contributed by atoms with Crippen molar-refractivity contribution in [3.8, 4) is 11.5 Å². The molecule has 19 heavy (non-hydrogen) atoms. The molecule has 5 heteroatoms. The molecule has 0 aliphatic carbocycles. The first-order valence-electron chi connectivity index (χ1n) is 6.24. The maximum absolute atomic E-state index is 6.61. The standard InChI is InChI=1S/C14H18BrClO3/c1-8-4-9(7-19-8)14(16)10-5-13(18-3)11(15)6-12(10)17-2/h5-6,8-9,14H,4,7H2,1-3H3. The van der Waals surface area contributed by atoms with Gasteiger partial charge in [-0.2, -0.15) is 0 Å². The van der Waals surface area contributed by atoms with Crippen LogP contribution in [0.2, 0.25) is 0 Å². The van der Waals surface area contributed by atoms with Gasteiger partial charge in [0.05, 0.1) is 36.8 Å². The highest BCUT2D eigenvalue weighted by Crippen LogP contribution is 2.43. The van der Waals surface area contributed by atoms with Gasteiger partial charge < -0.3 is 14.2 Å². The third-order valence-corrected chi connectivity index (χ3v) is 4.66. The second-order valence-electron chi connectivity index (χ2n) is 4.77. The minimum absolute atomic E-state index is 0.137. The van der Waals surface area contributed by atoms with Crippen LogP contribution in [0.3, 0.4) is 0 Å². The summed E-state index contributed by atoms with van der Waals surface area (Å²) in [6.07, 6.45) is 1.24. The molecular formula is C14H18BrClO3. The summed E-state index contributed by atoms with van der Waals surface area (Å²) in [5.41, 5.74) is 0.951. The molecule has 1 fully saturated rings. The molecule has 1 aromatic carbocycles. The number of ether oxygens (including phenoxy) is 3. The van der Waals surface area contributed by atoms with Gasteiger partial charge in [0.2, 0.25) is 0 Å². The van der Waals surface area contributed by atoms with Crippen molar-refractivity contribution < 1.29 is 14.2 Å². The Morgan fingerprint density at radius 3 is 2.53 bits per heavy atom. The van der Waals surface area contributed by atoms with Crippen LogP contribution in [0.4, 0.5) is 0 Å². The minimum atomic E-state index is -0.137. The first-order valence-corrected chi connectivity index (χ1v) is 7.46. The van der Waals surface area contributed by atoms with Crippen LogP contribution < -0.4 is 9.47 Å². The fourth-order valence-electron chi connectivity index (χ4n) is 2.41. The normalized spacial score (nSPS) is 24.3. The zero-order valence-corrected chi connectivity index (χ0v) is 13.6. The molecule has 0 saturated carbocycles. The van der Waals surface area contributed by atoms with Crippen LogP contribution in [-0.2, 0) is 4.74 Å². The van der Waals surface area contributed by atoms with E-state index in [1.54, 1.807) is 14.2 Å². The Bertz CT molecular complexity index is 453. The second-order valence-corrected chi connectivity index (χ2v) is 6.09. The smallest absolute Gasteiger partial charge is 0.133 e. The molecule has 3 unspecified atom stereocenters. The molecule has 0 radical (unpaired) electrons. The lowest BCUT2D eigenvalue weighted by atomic mass is 9.95. The summed E-state index contributed by atoms with van der Waals surface area (Å²) in [6, 6.07) is 3.83. The summed E-state index contributed by atoms with van der Waals surface area (Å²) >= 11 is 10.1. The van der Waals surface area contributed by atoms with E-state index in [1.165, 1.54) is 0 Å². The summed E-state index contributed by atoms with van der Waals surface area (Å²) in [6.45, 7) is 2.76. The Morgan fingerprint density at radius 2 is 2.00 bits per heavy atom. The fourth-order valence-corrected chi connectivity index (χ4v) is 3.24. The van der Waals surface area contributed by atoms with Gasteiger partial charge in [0.15, 0.2) is 0 Å². The quantitative estimate of drug-likeness (QED) is 0.764. The van der Waals surface area contributed by atoms with E-state index in [0.29, 0.717) is 12.5 Å². The average Bonchev–Trinajstić information content (AvgIpc) is 2.84. The molecule has 3 atom stereocenters. The molecule has 106 valence electrons. The summed E-state index contributed by atoms with van der Waals surface area (Å²) in [5.74, 6) is 1.83. The molecule has 0 N–H and O–H groups in total. The minimum Gasteiger partial charge on any atom is -0.496 e. The van der Waals surface area contributed by atoms with Gasteiger partial charge in [-0.1, -0.05) is 0 Å². The molecule has 0 spiro atoms. The van der Waals surface area contributed by atoms with Crippen LogP contribution in [0, 0.1) is 5.92 Å². The van der Waals surface area contributed by atoms with Gasteiger partial charge in [0.1, 0.15) is 11.5 Å². The molecule has 0 aromatic heterocycles. The van der Waals surface area contributed by atoms with Crippen molar-refractivity contribution >= 4 is 27.5 Å². The van der Waals surface area contributed by atoms with Crippen molar-refractivity contribution in [2.75, 3.05) is 20.8 Å². The summed E-state index contributed by atoms with van der Waals surface area (Å²) in [5, 5.41) is -0.137. The Labute approximate surface area is 127 Å². The molecule has 1 heterocycles. The lowest BCUT2D eigenvalue weighted by Crippen LogP contribution is -2.09. The monoisotopic (exact) mass is 348 g/mol.